The summed E-state index contributed by atoms with van der Waals surface area (Å²) in [6, 6.07) is 6.91. The third-order valence-electron chi connectivity index (χ3n) is 12.5. The number of unbranched alkanes of at least 4 members (excludes halogenated alkanes) is 3. The number of amides is 2. The summed E-state index contributed by atoms with van der Waals surface area (Å²) in [5.41, 5.74) is 5.11. The average Bonchev–Trinajstić information content (AvgIpc) is 3.15. The summed E-state index contributed by atoms with van der Waals surface area (Å²) in [6.07, 6.45) is 16.9. The smallest absolute Gasteiger partial charge is 0.327 e. The molecule has 2 aromatic rings. The first-order chi connectivity index (χ1) is 27.5. The number of ether oxygens (including phenoxy) is 2. The Labute approximate surface area is 349 Å². The standard InChI is InChI=1S/C25H35NO5S.C22H31NO3/c1-5-6-7-8-15-11-20(27)22-17-13-16(23(28)26-19(14-32-4)24(29)30)9-10-18(17)25(2,3)31-21(22)12-15;1-14-9-10-17-16(11-14)21-18(24)12-15(7-5-6-8-20(25)23-4)13-19(21)26-22(17,2)3/h11-13,17-19,27H,5-10,14H2,1-4H3,(H,26,28)(H,29,30);11-13,16-17,24H,5-10H2,1-4H3,(H,23,25)/t;16-,17-/m.1/s1. The third kappa shape index (κ3) is 10.5. The second-order valence-electron chi connectivity index (χ2n) is 17.7. The molecule has 6 rings (SSSR count). The summed E-state index contributed by atoms with van der Waals surface area (Å²) in [4.78, 5) is 35.7. The molecule has 2 aromatic carbocycles. The first-order valence-corrected chi connectivity index (χ1v) is 22.6. The molecule has 0 radical (unpaired) electrons. The van der Waals surface area contributed by atoms with Crippen LogP contribution in [0, 0.1) is 11.8 Å². The lowest BCUT2D eigenvalue weighted by Crippen LogP contribution is -2.47. The molecule has 3 unspecified atom stereocenters. The number of benzene rings is 2. The maximum atomic E-state index is 12.9. The van der Waals surface area contributed by atoms with Crippen molar-refractivity contribution in [3.8, 4) is 23.0 Å². The van der Waals surface area contributed by atoms with Crippen molar-refractivity contribution in [3.63, 3.8) is 0 Å². The highest BCUT2D eigenvalue weighted by Crippen LogP contribution is 2.55. The van der Waals surface area contributed by atoms with E-state index in [1.807, 2.05) is 30.5 Å². The second kappa shape index (κ2) is 19.3. The number of carboxylic acid groups (broad SMARTS) is 1. The Morgan fingerprint density at radius 3 is 1.88 bits per heavy atom. The fourth-order valence-corrected chi connectivity index (χ4v) is 9.94. The number of aryl methyl sites for hydroxylation is 2. The minimum Gasteiger partial charge on any atom is -0.507 e. The molecule has 2 aliphatic heterocycles. The van der Waals surface area contributed by atoms with Crippen LogP contribution in [-0.4, -0.2) is 69.4 Å². The van der Waals surface area contributed by atoms with E-state index >= 15 is 0 Å². The number of carbonyl (C=O) groups excluding carboxylic acids is 2. The molecule has 0 fully saturated rings. The lowest BCUT2D eigenvalue weighted by Gasteiger charge is -2.46. The van der Waals surface area contributed by atoms with E-state index in [0.717, 1.165) is 92.2 Å². The van der Waals surface area contributed by atoms with Crippen molar-refractivity contribution in [3.05, 3.63) is 69.8 Å². The second-order valence-corrected chi connectivity index (χ2v) is 18.6. The van der Waals surface area contributed by atoms with Gasteiger partial charge in [0.15, 0.2) is 0 Å². The Hall–Kier alpha value is -4.12. The largest absolute Gasteiger partial charge is 0.507 e. The van der Waals surface area contributed by atoms with Crippen LogP contribution in [0.5, 0.6) is 23.0 Å². The molecule has 58 heavy (non-hydrogen) atoms. The zero-order chi connectivity index (χ0) is 42.4. The quantitative estimate of drug-likeness (QED) is 0.0928. The number of fused-ring (bicyclic) bond motifs is 6. The minimum absolute atomic E-state index is 0.0777. The molecule has 4 aliphatic rings. The van der Waals surface area contributed by atoms with E-state index in [2.05, 4.69) is 64.3 Å². The number of allylic oxidation sites excluding steroid dienone is 3. The van der Waals surface area contributed by atoms with Crippen LogP contribution in [0.25, 0.3) is 0 Å². The van der Waals surface area contributed by atoms with Gasteiger partial charge >= 0.3 is 5.97 Å². The van der Waals surface area contributed by atoms with Gasteiger partial charge in [0.2, 0.25) is 11.8 Å². The zero-order valence-corrected chi connectivity index (χ0v) is 36.7. The number of phenols is 2. The Morgan fingerprint density at radius 2 is 1.36 bits per heavy atom. The van der Waals surface area contributed by atoms with Crippen LogP contribution < -0.4 is 20.1 Å². The molecular weight excluding hydrogens is 753 g/mol. The van der Waals surface area contributed by atoms with Crippen molar-refractivity contribution >= 4 is 29.5 Å². The van der Waals surface area contributed by atoms with Crippen LogP contribution >= 0.6 is 11.8 Å². The SMILES string of the molecule is CCCCCc1cc(O)c2c(c1)OC(C)(C)C1CCC(C(=O)NC(CSC)C(=O)O)=CC21.CNC(=O)CCCCc1cc(O)c2c(c1)OC(C)(C)[C@@H]1CCC(C)=C[C@@H]21. The average molecular weight is 819 g/mol. The first kappa shape index (κ1) is 45.0. The Kier molecular flexibility index (Phi) is 15.0. The number of nitrogens with one attached hydrogen (secondary N) is 2. The highest BCUT2D eigenvalue weighted by Gasteiger charge is 2.47. The lowest BCUT2D eigenvalue weighted by atomic mass is 9.67. The Bertz CT molecular complexity index is 1880. The van der Waals surface area contributed by atoms with E-state index in [0.29, 0.717) is 41.6 Å². The normalized spacial score (nSPS) is 22.6. The molecule has 318 valence electrons. The molecule has 10 nitrogen and oxygen atoms in total. The van der Waals surface area contributed by atoms with Gasteiger partial charge < -0.3 is 35.4 Å². The van der Waals surface area contributed by atoms with Gasteiger partial charge in [0.05, 0.1) is 0 Å². The zero-order valence-electron chi connectivity index (χ0n) is 35.8. The van der Waals surface area contributed by atoms with Crippen LogP contribution in [0.15, 0.2) is 47.6 Å². The number of aliphatic carboxylic acids is 1. The molecule has 11 heteroatoms. The number of hydrogen-bond donors (Lipinski definition) is 5. The Morgan fingerprint density at radius 1 is 0.828 bits per heavy atom. The van der Waals surface area contributed by atoms with Gasteiger partial charge in [-0.25, -0.2) is 4.79 Å². The van der Waals surface area contributed by atoms with Crippen molar-refractivity contribution in [1.29, 1.82) is 0 Å². The fraction of sp³-hybridized carbons (Fsp3) is 0.596. The van der Waals surface area contributed by atoms with E-state index in [1.54, 1.807) is 7.05 Å². The highest BCUT2D eigenvalue weighted by atomic mass is 32.2. The van der Waals surface area contributed by atoms with Gasteiger partial charge in [-0.05, 0) is 134 Å². The lowest BCUT2D eigenvalue weighted by molar-refractivity contribution is -0.140. The molecule has 5 atom stereocenters. The van der Waals surface area contributed by atoms with Crippen molar-refractivity contribution in [1.82, 2.24) is 10.6 Å². The van der Waals surface area contributed by atoms with Gasteiger partial charge in [0.1, 0.15) is 40.2 Å². The molecule has 0 spiro atoms. The summed E-state index contributed by atoms with van der Waals surface area (Å²) in [6.45, 7) is 12.8. The molecule has 0 aromatic heterocycles. The molecular formula is C47H66N2O8S. The number of rotatable bonds is 14. The summed E-state index contributed by atoms with van der Waals surface area (Å²) in [5, 5.41) is 36.4. The van der Waals surface area contributed by atoms with Gasteiger partial charge in [0.25, 0.3) is 0 Å². The summed E-state index contributed by atoms with van der Waals surface area (Å²) in [7, 11) is 1.66. The number of aromatic hydroxyl groups is 2. The topological polar surface area (TPSA) is 154 Å². The van der Waals surface area contributed by atoms with Crippen LogP contribution in [0.2, 0.25) is 0 Å². The van der Waals surface area contributed by atoms with Crippen LogP contribution in [0.1, 0.15) is 140 Å². The molecule has 2 amide bonds. The minimum atomic E-state index is -1.03. The number of thioether (sulfide) groups is 1. The first-order valence-electron chi connectivity index (χ1n) is 21.2. The van der Waals surface area contributed by atoms with Gasteiger partial charge in [-0.2, -0.15) is 11.8 Å². The highest BCUT2D eigenvalue weighted by molar-refractivity contribution is 7.98. The molecule has 0 bridgehead atoms. The van der Waals surface area contributed by atoms with Gasteiger partial charge in [-0.3, -0.25) is 9.59 Å². The number of phenolic OH excluding ortho intramolecular Hbond substituents is 2. The van der Waals surface area contributed by atoms with Crippen LogP contribution in [0.4, 0.5) is 0 Å². The van der Waals surface area contributed by atoms with E-state index in [-0.39, 0.29) is 40.9 Å². The predicted molar refractivity (Wildman–Crippen MR) is 231 cm³/mol. The van der Waals surface area contributed by atoms with Gasteiger partial charge in [0, 0.05) is 59.6 Å². The number of carbonyl (C=O) groups is 3. The number of hydrogen-bond acceptors (Lipinski definition) is 8. The van der Waals surface area contributed by atoms with Crippen molar-refractivity contribution in [2.75, 3.05) is 19.1 Å². The monoisotopic (exact) mass is 818 g/mol. The predicted octanol–water partition coefficient (Wildman–Crippen LogP) is 9.11. The maximum absolute atomic E-state index is 12.9. The third-order valence-corrected chi connectivity index (χ3v) is 13.2. The number of carboxylic acids is 1. The molecule has 2 aliphatic carbocycles. The van der Waals surface area contributed by atoms with Crippen molar-refractivity contribution in [2.45, 2.75) is 148 Å². The summed E-state index contributed by atoms with van der Waals surface area (Å²) in [5.74, 6) is 1.66. The molecule has 0 saturated carbocycles. The van der Waals surface area contributed by atoms with Gasteiger partial charge in [-0.1, -0.05) is 37.5 Å². The van der Waals surface area contributed by atoms with Crippen molar-refractivity contribution < 1.29 is 39.2 Å². The van der Waals surface area contributed by atoms with E-state index in [9.17, 15) is 29.7 Å². The Balaban J connectivity index is 0.000000226. The summed E-state index contributed by atoms with van der Waals surface area (Å²) >= 11 is 1.38. The van der Waals surface area contributed by atoms with E-state index in [4.69, 9.17) is 9.47 Å². The molecule has 0 saturated heterocycles. The summed E-state index contributed by atoms with van der Waals surface area (Å²) < 4.78 is 12.7. The van der Waals surface area contributed by atoms with Crippen LogP contribution in [-0.2, 0) is 27.2 Å². The maximum Gasteiger partial charge on any atom is 0.327 e. The van der Waals surface area contributed by atoms with E-state index < -0.39 is 17.6 Å². The molecule has 5 N–H and O–H groups in total. The van der Waals surface area contributed by atoms with Crippen molar-refractivity contribution in [2.24, 2.45) is 11.8 Å². The van der Waals surface area contributed by atoms with Gasteiger partial charge in [-0.15, -0.1) is 0 Å². The molecule has 2 heterocycles. The van der Waals surface area contributed by atoms with E-state index in [1.165, 1.54) is 17.3 Å². The van der Waals surface area contributed by atoms with Crippen LogP contribution in [0.3, 0.4) is 0 Å². The fourth-order valence-electron chi connectivity index (χ4n) is 9.39.